The number of nitrogens with zero attached hydrogens (tertiary/aromatic N) is 1. The number of halogens is 1. The van der Waals surface area contributed by atoms with Crippen molar-refractivity contribution in [2.24, 2.45) is 4.99 Å². The van der Waals surface area contributed by atoms with Gasteiger partial charge in [-0.25, -0.2) is 0 Å². The predicted molar refractivity (Wildman–Crippen MR) is 109 cm³/mol. The third-order valence-corrected chi connectivity index (χ3v) is 3.75. The highest BCUT2D eigenvalue weighted by Gasteiger charge is 2.14. The molecule has 1 fully saturated rings. The first-order valence-corrected chi connectivity index (χ1v) is 8.50. The largest absolute Gasteiger partial charge is 0.385 e. The number of hydrogen-bond acceptors (Lipinski definition) is 3. The molecule has 3 N–H and O–H groups in total. The molecule has 1 aliphatic carbocycles. The molecule has 24 heavy (non-hydrogen) atoms. The van der Waals surface area contributed by atoms with Crippen LogP contribution in [0.1, 0.15) is 44.9 Å². The van der Waals surface area contributed by atoms with Gasteiger partial charge in [0.2, 0.25) is 5.91 Å². The fraction of sp³-hybridized carbons (Fsp3) is 0.765. The van der Waals surface area contributed by atoms with Crippen molar-refractivity contribution < 1.29 is 9.53 Å². The van der Waals surface area contributed by atoms with Crippen molar-refractivity contribution in [2.45, 2.75) is 51.0 Å². The maximum absolute atomic E-state index is 11.5. The van der Waals surface area contributed by atoms with Gasteiger partial charge in [-0.15, -0.1) is 30.4 Å². The number of methoxy groups -OCH3 is 1. The molecule has 1 saturated carbocycles. The number of amides is 1. The zero-order chi connectivity index (χ0) is 16.8. The minimum absolute atomic E-state index is 0. The van der Waals surface area contributed by atoms with Gasteiger partial charge in [0.15, 0.2) is 5.96 Å². The standard InChI is InChI=1S/C17H30N4O2.HI/c1-3-11-18-16(22)10-13-20-17(19-12-7-14-23-2)21-15-8-5-4-6-9-15;/h1,15H,4-14H2,2H3,(H,18,22)(H2,19,20,21);1H. The molecule has 0 saturated heterocycles. The molecule has 0 unspecified atom stereocenters. The van der Waals surface area contributed by atoms with E-state index in [1.54, 1.807) is 7.11 Å². The monoisotopic (exact) mass is 450 g/mol. The molecule has 0 aliphatic heterocycles. The highest BCUT2D eigenvalue weighted by Crippen LogP contribution is 2.17. The molecule has 0 aromatic rings. The number of nitrogens with one attached hydrogen (secondary N) is 3. The minimum atomic E-state index is -0.0492. The van der Waals surface area contributed by atoms with E-state index in [2.05, 4.69) is 26.9 Å². The molecule has 0 heterocycles. The smallest absolute Gasteiger partial charge is 0.222 e. The van der Waals surface area contributed by atoms with Crippen molar-refractivity contribution in [1.29, 1.82) is 0 Å². The van der Waals surface area contributed by atoms with E-state index >= 15 is 0 Å². The zero-order valence-electron chi connectivity index (χ0n) is 14.6. The summed E-state index contributed by atoms with van der Waals surface area (Å²) in [5, 5.41) is 9.38. The summed E-state index contributed by atoms with van der Waals surface area (Å²) < 4.78 is 5.04. The Balaban J connectivity index is 0.00000529. The van der Waals surface area contributed by atoms with Gasteiger partial charge in [0.25, 0.3) is 0 Å². The lowest BCUT2D eigenvalue weighted by Crippen LogP contribution is -2.45. The molecule has 0 aromatic heterocycles. The second-order valence-corrected chi connectivity index (χ2v) is 5.71. The number of terminal acetylenes is 1. The first-order chi connectivity index (χ1) is 11.3. The van der Waals surface area contributed by atoms with E-state index in [1.165, 1.54) is 32.1 Å². The van der Waals surface area contributed by atoms with Crippen LogP contribution in [0.5, 0.6) is 0 Å². The summed E-state index contributed by atoms with van der Waals surface area (Å²) in [6.07, 6.45) is 12.6. The van der Waals surface area contributed by atoms with E-state index in [-0.39, 0.29) is 36.4 Å². The van der Waals surface area contributed by atoms with Crippen LogP contribution in [0.2, 0.25) is 0 Å². The molecular formula is C17H31IN4O2. The lowest BCUT2D eigenvalue weighted by molar-refractivity contribution is -0.120. The molecule has 6 nitrogen and oxygen atoms in total. The Labute approximate surface area is 163 Å². The van der Waals surface area contributed by atoms with Crippen LogP contribution in [-0.4, -0.2) is 51.3 Å². The van der Waals surface area contributed by atoms with E-state index in [4.69, 9.17) is 11.2 Å². The van der Waals surface area contributed by atoms with Crippen molar-refractivity contribution in [2.75, 3.05) is 33.4 Å². The van der Waals surface area contributed by atoms with Gasteiger partial charge in [0.05, 0.1) is 6.54 Å². The molecule has 1 amide bonds. The van der Waals surface area contributed by atoms with Crippen molar-refractivity contribution >= 4 is 35.8 Å². The molecule has 1 aliphatic rings. The van der Waals surface area contributed by atoms with Crippen LogP contribution in [0.15, 0.2) is 4.99 Å². The van der Waals surface area contributed by atoms with Crippen molar-refractivity contribution in [3.8, 4) is 12.3 Å². The van der Waals surface area contributed by atoms with Crippen molar-refractivity contribution in [3.05, 3.63) is 0 Å². The summed E-state index contributed by atoms with van der Waals surface area (Å²) >= 11 is 0. The Morgan fingerprint density at radius 3 is 2.71 bits per heavy atom. The third-order valence-electron chi connectivity index (χ3n) is 3.75. The number of guanidine groups is 1. The molecule has 0 spiro atoms. The van der Waals surface area contributed by atoms with Crippen LogP contribution >= 0.6 is 24.0 Å². The summed E-state index contributed by atoms with van der Waals surface area (Å²) in [5.41, 5.74) is 0. The SMILES string of the molecule is C#CCNC(=O)CCNC(=NCCCOC)NC1CCCCC1.I. The summed E-state index contributed by atoms with van der Waals surface area (Å²) in [6, 6.07) is 0.479. The highest BCUT2D eigenvalue weighted by atomic mass is 127. The van der Waals surface area contributed by atoms with E-state index in [1.807, 2.05) is 0 Å². The van der Waals surface area contributed by atoms with Gasteiger partial charge in [0.1, 0.15) is 0 Å². The Morgan fingerprint density at radius 2 is 2.04 bits per heavy atom. The molecule has 0 aromatic carbocycles. The number of ether oxygens (including phenoxy) is 1. The Hall–Kier alpha value is -1.01. The number of aliphatic imine (C=N–C) groups is 1. The third kappa shape index (κ3) is 11.5. The summed E-state index contributed by atoms with van der Waals surface area (Å²) in [4.78, 5) is 16.1. The topological polar surface area (TPSA) is 74.8 Å². The fourth-order valence-corrected chi connectivity index (χ4v) is 2.53. The van der Waals surface area contributed by atoms with Gasteiger partial charge < -0.3 is 20.7 Å². The van der Waals surface area contributed by atoms with Gasteiger partial charge in [-0.05, 0) is 19.3 Å². The molecule has 0 radical (unpaired) electrons. The Morgan fingerprint density at radius 1 is 1.29 bits per heavy atom. The van der Waals surface area contributed by atoms with Crippen molar-refractivity contribution in [3.63, 3.8) is 0 Å². The Bertz CT molecular complexity index is 404. The normalized spacial score (nSPS) is 15.1. The lowest BCUT2D eigenvalue weighted by atomic mass is 9.96. The maximum atomic E-state index is 11.5. The molecule has 1 rings (SSSR count). The van der Waals surface area contributed by atoms with Gasteiger partial charge >= 0.3 is 0 Å². The quantitative estimate of drug-likeness (QED) is 0.164. The summed E-state index contributed by atoms with van der Waals surface area (Å²) in [5.74, 6) is 3.13. The van der Waals surface area contributed by atoms with Crippen LogP contribution in [0, 0.1) is 12.3 Å². The number of hydrogen-bond donors (Lipinski definition) is 3. The molecule has 0 atom stereocenters. The number of rotatable bonds is 9. The van der Waals surface area contributed by atoms with Gasteiger partial charge in [-0.2, -0.15) is 0 Å². The first kappa shape index (κ1) is 23.0. The van der Waals surface area contributed by atoms with Gasteiger partial charge in [-0.3, -0.25) is 9.79 Å². The number of carbonyl (C=O) groups is 1. The van der Waals surface area contributed by atoms with E-state index in [9.17, 15) is 4.79 Å². The van der Waals surface area contributed by atoms with Crippen LogP contribution in [0.3, 0.4) is 0 Å². The lowest BCUT2D eigenvalue weighted by Gasteiger charge is -2.25. The molecule has 0 bridgehead atoms. The fourth-order valence-electron chi connectivity index (χ4n) is 2.53. The predicted octanol–water partition coefficient (Wildman–Crippen LogP) is 1.65. The van der Waals surface area contributed by atoms with Crippen molar-refractivity contribution in [1.82, 2.24) is 16.0 Å². The maximum Gasteiger partial charge on any atom is 0.222 e. The van der Waals surface area contributed by atoms with Crippen LogP contribution < -0.4 is 16.0 Å². The van der Waals surface area contributed by atoms with E-state index in [0.717, 1.165) is 12.4 Å². The molecule has 7 heteroatoms. The van der Waals surface area contributed by atoms with Crippen LogP contribution in [0.4, 0.5) is 0 Å². The second-order valence-electron chi connectivity index (χ2n) is 5.71. The van der Waals surface area contributed by atoms with Gasteiger partial charge in [-0.1, -0.05) is 25.2 Å². The second kappa shape index (κ2) is 15.5. The number of carbonyl (C=O) groups excluding carboxylic acids is 1. The average molecular weight is 450 g/mol. The molecule has 138 valence electrons. The first-order valence-electron chi connectivity index (χ1n) is 8.50. The van der Waals surface area contributed by atoms with E-state index in [0.29, 0.717) is 32.2 Å². The summed E-state index contributed by atoms with van der Waals surface area (Å²) in [7, 11) is 1.69. The average Bonchev–Trinajstić information content (AvgIpc) is 2.57. The van der Waals surface area contributed by atoms with Crippen LogP contribution in [-0.2, 0) is 9.53 Å². The Kier molecular flexibility index (Phi) is 14.9. The zero-order valence-corrected chi connectivity index (χ0v) is 16.9. The highest BCUT2D eigenvalue weighted by molar-refractivity contribution is 14.0. The van der Waals surface area contributed by atoms with Gasteiger partial charge in [0, 0.05) is 39.3 Å². The molecular weight excluding hydrogens is 419 g/mol. The summed E-state index contributed by atoms with van der Waals surface area (Å²) in [6.45, 7) is 2.23. The minimum Gasteiger partial charge on any atom is -0.385 e. The van der Waals surface area contributed by atoms with Crippen LogP contribution in [0.25, 0.3) is 0 Å². The van der Waals surface area contributed by atoms with E-state index < -0.39 is 0 Å².